The van der Waals surface area contributed by atoms with Crippen LogP contribution in [0.4, 0.5) is 5.69 Å². The fourth-order valence-corrected chi connectivity index (χ4v) is 3.50. The molecule has 1 amide bonds. The van der Waals surface area contributed by atoms with Crippen LogP contribution in [0.15, 0.2) is 47.0 Å². The first-order chi connectivity index (χ1) is 14.4. The van der Waals surface area contributed by atoms with E-state index in [0.717, 1.165) is 5.56 Å². The van der Waals surface area contributed by atoms with E-state index >= 15 is 0 Å². The van der Waals surface area contributed by atoms with Gasteiger partial charge in [0, 0.05) is 11.1 Å². The Kier molecular flexibility index (Phi) is 5.21. The molecule has 2 heterocycles. The number of methoxy groups -OCH3 is 1. The van der Waals surface area contributed by atoms with Crippen molar-refractivity contribution in [3.8, 4) is 17.0 Å². The molecule has 0 saturated carbocycles. The van der Waals surface area contributed by atoms with Crippen LogP contribution in [-0.2, 0) is 4.79 Å². The van der Waals surface area contributed by atoms with Crippen LogP contribution < -0.4 is 10.1 Å². The van der Waals surface area contributed by atoms with Crippen molar-refractivity contribution in [3.63, 3.8) is 0 Å². The Hall–Kier alpha value is -3.33. The van der Waals surface area contributed by atoms with Gasteiger partial charge in [-0.2, -0.15) is 0 Å². The molecule has 3 aromatic rings. The van der Waals surface area contributed by atoms with Gasteiger partial charge in [0.1, 0.15) is 6.10 Å². The lowest BCUT2D eigenvalue weighted by Crippen LogP contribution is -2.05. The van der Waals surface area contributed by atoms with Gasteiger partial charge in [0.2, 0.25) is 5.76 Å². The lowest BCUT2D eigenvalue weighted by molar-refractivity contribution is -0.110. The van der Waals surface area contributed by atoms with Crippen molar-refractivity contribution < 1.29 is 29.4 Å². The molecule has 9 heteroatoms. The molecular weight excluding hydrogens is 412 g/mol. The number of ether oxygens (including phenoxy) is 1. The first kappa shape index (κ1) is 20.0. The second kappa shape index (κ2) is 7.83. The molecule has 0 fully saturated rings. The molecule has 0 aliphatic carbocycles. The summed E-state index contributed by atoms with van der Waals surface area (Å²) in [5.41, 5.74) is 2.84. The van der Waals surface area contributed by atoms with Gasteiger partial charge in [-0.25, -0.2) is 0 Å². The van der Waals surface area contributed by atoms with Crippen molar-refractivity contribution in [3.05, 3.63) is 64.4 Å². The fraction of sp³-hybridized carbons (Fsp3) is 0.143. The Bertz CT molecular complexity index is 1150. The van der Waals surface area contributed by atoms with E-state index in [9.17, 15) is 15.0 Å². The first-order valence-electron chi connectivity index (χ1n) is 8.91. The molecule has 4 rings (SSSR count). The minimum absolute atomic E-state index is 0.0105. The van der Waals surface area contributed by atoms with Crippen LogP contribution >= 0.6 is 11.6 Å². The number of nitrogens with zero attached hydrogens (tertiary/aromatic N) is 1. The normalized spacial score (nSPS) is 15.5. The molecule has 154 valence electrons. The van der Waals surface area contributed by atoms with E-state index in [4.69, 9.17) is 26.0 Å². The minimum Gasteiger partial charge on any atom is -0.504 e. The van der Waals surface area contributed by atoms with E-state index in [2.05, 4.69) is 10.5 Å². The van der Waals surface area contributed by atoms with Gasteiger partial charge in [0.25, 0.3) is 11.8 Å². The second-order valence-corrected chi connectivity index (χ2v) is 7.02. The van der Waals surface area contributed by atoms with Crippen molar-refractivity contribution in [2.45, 2.75) is 6.10 Å². The third kappa shape index (κ3) is 3.41. The topological polar surface area (TPSA) is 125 Å². The van der Waals surface area contributed by atoms with Crippen LogP contribution in [0.1, 0.15) is 23.0 Å². The summed E-state index contributed by atoms with van der Waals surface area (Å²) in [6.07, 6.45) is -0.971. The Balaban J connectivity index is 1.80. The van der Waals surface area contributed by atoms with Crippen LogP contribution in [0.5, 0.6) is 5.88 Å². The molecule has 0 bridgehead atoms. The molecule has 1 atom stereocenters. The lowest BCUT2D eigenvalue weighted by atomic mass is 9.97. The zero-order valence-corrected chi connectivity index (χ0v) is 16.5. The molecule has 1 unspecified atom stereocenters. The van der Waals surface area contributed by atoms with Crippen LogP contribution in [-0.4, -0.2) is 40.1 Å². The molecule has 30 heavy (non-hydrogen) atoms. The molecule has 1 aliphatic heterocycles. The number of benzene rings is 2. The van der Waals surface area contributed by atoms with E-state index in [1.165, 1.54) is 13.2 Å². The molecule has 8 nitrogen and oxygen atoms in total. The molecule has 1 aromatic heterocycles. The van der Waals surface area contributed by atoms with Gasteiger partial charge in [-0.1, -0.05) is 35.9 Å². The summed E-state index contributed by atoms with van der Waals surface area (Å²) in [5, 5.41) is 36.2. The number of amides is 1. The average molecular weight is 429 g/mol. The Morgan fingerprint density at radius 2 is 1.97 bits per heavy atom. The minimum atomic E-state index is -0.971. The highest BCUT2D eigenvalue weighted by Gasteiger charge is 2.31. The largest absolute Gasteiger partial charge is 0.504 e. The maximum Gasteiger partial charge on any atom is 0.260 e. The number of aromatic nitrogens is 1. The summed E-state index contributed by atoms with van der Waals surface area (Å²) in [6.45, 7) is -0.382. The Morgan fingerprint density at radius 1 is 1.23 bits per heavy atom. The van der Waals surface area contributed by atoms with Crippen molar-refractivity contribution in [1.82, 2.24) is 5.16 Å². The zero-order chi connectivity index (χ0) is 21.4. The van der Waals surface area contributed by atoms with Gasteiger partial charge in [-0.15, -0.1) is 0 Å². The van der Waals surface area contributed by atoms with Gasteiger partial charge in [0.05, 0.1) is 36.1 Å². The van der Waals surface area contributed by atoms with Crippen molar-refractivity contribution >= 4 is 34.5 Å². The molecule has 1 aliphatic rings. The maximum atomic E-state index is 12.5. The van der Waals surface area contributed by atoms with E-state index in [1.807, 2.05) is 0 Å². The number of fused-ring (bicyclic) bond motifs is 1. The van der Waals surface area contributed by atoms with E-state index in [0.29, 0.717) is 27.4 Å². The second-order valence-electron chi connectivity index (χ2n) is 6.61. The number of rotatable bonds is 5. The van der Waals surface area contributed by atoms with Gasteiger partial charge < -0.3 is 29.9 Å². The molecule has 2 aromatic carbocycles. The fourth-order valence-electron chi connectivity index (χ4n) is 3.23. The van der Waals surface area contributed by atoms with Crippen molar-refractivity contribution in [1.29, 1.82) is 0 Å². The van der Waals surface area contributed by atoms with Gasteiger partial charge in [0.15, 0.2) is 5.76 Å². The number of halogens is 1. The number of carbonyl (C=O) groups is 1. The van der Waals surface area contributed by atoms with Gasteiger partial charge in [-0.3, -0.25) is 4.79 Å². The van der Waals surface area contributed by atoms with Crippen LogP contribution in [0.25, 0.3) is 22.5 Å². The van der Waals surface area contributed by atoms with Crippen molar-refractivity contribution in [2.75, 3.05) is 19.0 Å². The SMILES string of the molecule is COc1cc(/C(O)=C2\C(=O)Nc3cc(Cl)c(-c4ccc(C(O)CO)cc4)cc32)on1. The van der Waals surface area contributed by atoms with Crippen LogP contribution in [0.3, 0.4) is 0 Å². The summed E-state index contributed by atoms with van der Waals surface area (Å²) in [5.74, 6) is -0.731. The summed E-state index contributed by atoms with van der Waals surface area (Å²) in [7, 11) is 1.41. The van der Waals surface area contributed by atoms with E-state index in [1.54, 1.807) is 36.4 Å². The number of aliphatic hydroxyl groups excluding tert-OH is 3. The molecule has 0 saturated heterocycles. The third-order valence-electron chi connectivity index (χ3n) is 4.80. The Morgan fingerprint density at radius 3 is 2.60 bits per heavy atom. The summed E-state index contributed by atoms with van der Waals surface area (Å²) in [4.78, 5) is 12.5. The number of nitrogens with one attached hydrogen (secondary N) is 1. The van der Waals surface area contributed by atoms with E-state index < -0.39 is 12.0 Å². The molecule has 0 spiro atoms. The van der Waals surface area contributed by atoms with Gasteiger partial charge in [-0.05, 0) is 28.4 Å². The molecular formula is C21H17ClN2O6. The highest BCUT2D eigenvalue weighted by Crippen LogP contribution is 2.42. The standard InChI is InChI=1S/C21H17ClN2O6/c1-29-18-8-17(30-24-18)20(27)19-13-6-12(14(22)7-15(13)23-21(19)28)10-2-4-11(5-3-10)16(26)9-25/h2-8,16,25-27H,9H2,1H3,(H,23,28)/b20-19+. The summed E-state index contributed by atoms with van der Waals surface area (Å²) in [6, 6.07) is 11.5. The smallest absolute Gasteiger partial charge is 0.260 e. The molecule has 0 radical (unpaired) electrons. The highest BCUT2D eigenvalue weighted by atomic mass is 35.5. The van der Waals surface area contributed by atoms with Gasteiger partial charge >= 0.3 is 0 Å². The van der Waals surface area contributed by atoms with Crippen LogP contribution in [0.2, 0.25) is 5.02 Å². The first-order valence-corrected chi connectivity index (χ1v) is 9.29. The molecule has 4 N–H and O–H groups in total. The number of aliphatic hydroxyl groups is 3. The monoisotopic (exact) mass is 428 g/mol. The predicted octanol–water partition coefficient (Wildman–Crippen LogP) is 3.41. The number of anilines is 1. The van der Waals surface area contributed by atoms with E-state index in [-0.39, 0.29) is 29.6 Å². The quantitative estimate of drug-likeness (QED) is 0.362. The number of carbonyl (C=O) groups excluding carboxylic acids is 1. The van der Waals surface area contributed by atoms with Crippen LogP contribution in [0, 0.1) is 0 Å². The average Bonchev–Trinajstić information content (AvgIpc) is 3.36. The predicted molar refractivity (Wildman–Crippen MR) is 110 cm³/mol. The number of hydrogen-bond donors (Lipinski definition) is 4. The Labute approximate surface area is 176 Å². The zero-order valence-electron chi connectivity index (χ0n) is 15.7. The highest BCUT2D eigenvalue weighted by molar-refractivity contribution is 6.38. The van der Waals surface area contributed by atoms with Crippen molar-refractivity contribution in [2.24, 2.45) is 0 Å². The number of hydrogen-bond acceptors (Lipinski definition) is 7. The summed E-state index contributed by atoms with van der Waals surface area (Å²) < 4.78 is 9.99. The summed E-state index contributed by atoms with van der Waals surface area (Å²) >= 11 is 6.42. The maximum absolute atomic E-state index is 12.5. The third-order valence-corrected chi connectivity index (χ3v) is 5.11. The lowest BCUT2D eigenvalue weighted by Gasteiger charge is -2.11.